The number of oxime groups is 1. The Balaban J connectivity index is 1.66. The van der Waals surface area contributed by atoms with Crippen molar-refractivity contribution in [3.8, 4) is 0 Å². The number of hydrogen-bond acceptors (Lipinski definition) is 7. The van der Waals surface area contributed by atoms with Gasteiger partial charge in [0.1, 0.15) is 6.29 Å². The molecule has 0 heterocycles. The van der Waals surface area contributed by atoms with Crippen LogP contribution in [0.1, 0.15) is 51.9 Å². The van der Waals surface area contributed by atoms with Crippen molar-refractivity contribution in [2.24, 2.45) is 39.7 Å². The van der Waals surface area contributed by atoms with Crippen molar-refractivity contribution in [3.05, 3.63) is 11.6 Å². The zero-order valence-corrected chi connectivity index (χ0v) is 17.8. The minimum atomic E-state index is -1.17. The first-order chi connectivity index (χ1) is 14.8. The molecule has 0 unspecified atom stereocenters. The third kappa shape index (κ3) is 3.44. The molecule has 3 saturated carbocycles. The summed E-state index contributed by atoms with van der Waals surface area (Å²) in [6.07, 6.45) is 6.56. The number of hydrogen-bond donors (Lipinski definition) is 3. The fourth-order valence-electron chi connectivity index (χ4n) is 7.45. The molecule has 31 heavy (non-hydrogen) atoms. The van der Waals surface area contributed by atoms with Crippen LogP contribution in [-0.4, -0.2) is 58.4 Å². The van der Waals surface area contributed by atoms with Crippen molar-refractivity contribution in [3.63, 3.8) is 0 Å². The third-order valence-electron chi connectivity index (χ3n) is 8.66. The first-order valence-corrected chi connectivity index (χ1v) is 11.2. The maximum atomic E-state index is 12.6. The van der Waals surface area contributed by atoms with E-state index in [4.69, 9.17) is 9.94 Å². The quantitative estimate of drug-likeness (QED) is 0.330. The van der Waals surface area contributed by atoms with E-state index in [0.29, 0.717) is 12.8 Å². The van der Waals surface area contributed by atoms with Crippen molar-refractivity contribution in [2.45, 2.75) is 58.0 Å². The Labute approximate surface area is 181 Å². The maximum Gasteiger partial charge on any atom is 0.344 e. The van der Waals surface area contributed by atoms with Gasteiger partial charge in [0, 0.05) is 17.8 Å². The molecule has 0 aliphatic heterocycles. The van der Waals surface area contributed by atoms with Crippen LogP contribution in [0.2, 0.25) is 0 Å². The first kappa shape index (κ1) is 22.1. The summed E-state index contributed by atoms with van der Waals surface area (Å²) in [5, 5.41) is 33.9. The SMILES string of the molecule is C[C@]12CCC(=O)C=C1CC[C@@H]1[C@@H]2[C@@H](O)C[C@]2(C=O)[C@@H](/C(CO)=N/OCC(=O)O)CC[C@@H]12. The van der Waals surface area contributed by atoms with Gasteiger partial charge in [0.05, 0.1) is 18.4 Å². The van der Waals surface area contributed by atoms with E-state index in [-0.39, 0.29) is 47.0 Å². The highest BCUT2D eigenvalue weighted by molar-refractivity contribution is 5.92. The standard InChI is InChI=1S/C23H31NO7/c1-22-7-6-14(27)8-13(22)2-3-15-16-4-5-17(18(10-25)24-31-11-20(29)30)23(16,12-26)9-19(28)21(15)22/h8,12,15-17,19,21,25,28H,2-7,9-11H2,1H3,(H,29,30)/b24-18+/t15-,16-,17+,19-,21+,22-,23+/m0/s1. The number of aliphatic hydroxyl groups is 2. The topological polar surface area (TPSA) is 133 Å². The third-order valence-corrected chi connectivity index (χ3v) is 8.66. The molecule has 8 heteroatoms. The van der Waals surface area contributed by atoms with Crippen LogP contribution in [0.15, 0.2) is 16.8 Å². The van der Waals surface area contributed by atoms with Crippen LogP contribution < -0.4 is 0 Å². The molecule has 0 aromatic carbocycles. The van der Waals surface area contributed by atoms with Crippen LogP contribution in [0.4, 0.5) is 0 Å². The fourth-order valence-corrected chi connectivity index (χ4v) is 7.45. The van der Waals surface area contributed by atoms with Crippen LogP contribution >= 0.6 is 0 Å². The van der Waals surface area contributed by atoms with Crippen molar-refractivity contribution in [2.75, 3.05) is 13.2 Å². The number of carboxylic acids is 1. The van der Waals surface area contributed by atoms with Crippen LogP contribution in [0.25, 0.3) is 0 Å². The second-order valence-corrected chi connectivity index (χ2v) is 9.93. The summed E-state index contributed by atoms with van der Waals surface area (Å²) in [5.74, 6) is -1.21. The number of aldehydes is 1. The van der Waals surface area contributed by atoms with Gasteiger partial charge in [-0.3, -0.25) is 4.79 Å². The monoisotopic (exact) mass is 433 g/mol. The number of carbonyl (C=O) groups excluding carboxylic acids is 2. The molecule has 0 spiro atoms. The number of rotatable bonds is 6. The predicted molar refractivity (Wildman–Crippen MR) is 110 cm³/mol. The summed E-state index contributed by atoms with van der Waals surface area (Å²) in [4.78, 5) is 40.2. The Morgan fingerprint density at radius 2 is 2.10 bits per heavy atom. The van der Waals surface area contributed by atoms with Gasteiger partial charge >= 0.3 is 5.97 Å². The second kappa shape index (κ2) is 8.13. The summed E-state index contributed by atoms with van der Waals surface area (Å²) in [5.41, 5.74) is 0.322. The lowest BCUT2D eigenvalue weighted by molar-refractivity contribution is -0.148. The zero-order chi connectivity index (χ0) is 22.4. The number of fused-ring (bicyclic) bond motifs is 5. The van der Waals surface area contributed by atoms with Gasteiger partial charge in [-0.25, -0.2) is 4.79 Å². The van der Waals surface area contributed by atoms with E-state index in [1.807, 2.05) is 0 Å². The van der Waals surface area contributed by atoms with Crippen LogP contribution in [0.3, 0.4) is 0 Å². The molecule has 0 aromatic heterocycles. The molecule has 0 radical (unpaired) electrons. The van der Waals surface area contributed by atoms with Crippen LogP contribution in [-0.2, 0) is 19.2 Å². The largest absolute Gasteiger partial charge is 0.479 e. The number of allylic oxidation sites excluding steroid dienone is 1. The molecular weight excluding hydrogens is 402 g/mol. The summed E-state index contributed by atoms with van der Waals surface area (Å²) in [6.45, 7) is 1.11. The number of carbonyl (C=O) groups is 3. The summed E-state index contributed by atoms with van der Waals surface area (Å²) < 4.78 is 0. The Morgan fingerprint density at radius 1 is 1.32 bits per heavy atom. The van der Waals surface area contributed by atoms with Gasteiger partial charge in [-0.15, -0.1) is 0 Å². The smallest absolute Gasteiger partial charge is 0.344 e. The molecule has 4 aliphatic rings. The van der Waals surface area contributed by atoms with E-state index in [9.17, 15) is 24.6 Å². The van der Waals surface area contributed by atoms with E-state index < -0.39 is 30.7 Å². The molecule has 3 fully saturated rings. The van der Waals surface area contributed by atoms with Gasteiger partial charge in [-0.2, -0.15) is 0 Å². The molecular formula is C23H31NO7. The highest BCUT2D eigenvalue weighted by Gasteiger charge is 2.64. The van der Waals surface area contributed by atoms with Gasteiger partial charge in [0.25, 0.3) is 0 Å². The molecule has 0 amide bonds. The maximum absolute atomic E-state index is 12.6. The normalized spacial score (nSPS) is 42.2. The Bertz CT molecular complexity index is 836. The molecule has 0 bridgehead atoms. The minimum Gasteiger partial charge on any atom is -0.479 e. The molecule has 8 nitrogen and oxygen atoms in total. The van der Waals surface area contributed by atoms with Gasteiger partial charge in [-0.1, -0.05) is 17.7 Å². The number of aliphatic hydroxyl groups excluding tert-OH is 2. The Hall–Kier alpha value is -2.06. The molecule has 4 aliphatic carbocycles. The molecule has 0 saturated heterocycles. The highest BCUT2D eigenvalue weighted by Crippen LogP contribution is 2.66. The van der Waals surface area contributed by atoms with Crippen molar-refractivity contribution in [1.29, 1.82) is 0 Å². The fraction of sp³-hybridized carbons (Fsp3) is 0.739. The molecule has 7 atom stereocenters. The first-order valence-electron chi connectivity index (χ1n) is 11.2. The van der Waals surface area contributed by atoms with Crippen molar-refractivity contribution in [1.82, 2.24) is 0 Å². The summed E-state index contributed by atoms with van der Waals surface area (Å²) in [6, 6.07) is 0. The van der Waals surface area contributed by atoms with Crippen LogP contribution in [0, 0.1) is 34.5 Å². The van der Waals surface area contributed by atoms with Crippen LogP contribution in [0.5, 0.6) is 0 Å². The Kier molecular flexibility index (Phi) is 5.81. The number of nitrogens with zero attached hydrogens (tertiary/aromatic N) is 1. The molecule has 0 aromatic rings. The lowest BCUT2D eigenvalue weighted by atomic mass is 9.45. The minimum absolute atomic E-state index is 0.00444. The van der Waals surface area contributed by atoms with E-state index in [2.05, 4.69) is 12.1 Å². The average Bonchev–Trinajstić information content (AvgIpc) is 3.10. The zero-order valence-electron chi connectivity index (χ0n) is 17.8. The highest BCUT2D eigenvalue weighted by atomic mass is 16.6. The lowest BCUT2D eigenvalue weighted by Crippen LogP contribution is -2.58. The van der Waals surface area contributed by atoms with Gasteiger partial charge in [0.15, 0.2) is 5.78 Å². The van der Waals surface area contributed by atoms with Gasteiger partial charge in [-0.05, 0) is 67.8 Å². The van der Waals surface area contributed by atoms with Gasteiger partial charge in [0.2, 0.25) is 6.61 Å². The van der Waals surface area contributed by atoms with E-state index in [1.54, 1.807) is 6.08 Å². The number of carboxylic acid groups (broad SMARTS) is 1. The predicted octanol–water partition coefficient (Wildman–Crippen LogP) is 1.73. The van der Waals surface area contributed by atoms with E-state index >= 15 is 0 Å². The molecule has 170 valence electrons. The lowest BCUT2D eigenvalue weighted by Gasteiger charge is -2.59. The van der Waals surface area contributed by atoms with E-state index in [0.717, 1.165) is 37.5 Å². The Morgan fingerprint density at radius 3 is 2.77 bits per heavy atom. The number of ketones is 1. The summed E-state index contributed by atoms with van der Waals surface area (Å²) >= 11 is 0. The average molecular weight is 434 g/mol. The molecule has 3 N–H and O–H groups in total. The van der Waals surface area contributed by atoms with E-state index in [1.165, 1.54) is 0 Å². The van der Waals surface area contributed by atoms with Crippen molar-refractivity contribution >= 4 is 23.8 Å². The summed E-state index contributed by atoms with van der Waals surface area (Å²) in [7, 11) is 0. The van der Waals surface area contributed by atoms with Crippen molar-refractivity contribution < 1.29 is 34.5 Å². The second-order valence-electron chi connectivity index (χ2n) is 9.93. The molecule has 4 rings (SSSR count). The van der Waals surface area contributed by atoms with Gasteiger partial charge < -0.3 is 25.0 Å². The number of aliphatic carboxylic acids is 1.